The van der Waals surface area contributed by atoms with Crippen molar-refractivity contribution in [2.24, 2.45) is 11.8 Å². The first-order valence-corrected chi connectivity index (χ1v) is 6.11. The first-order valence-electron chi connectivity index (χ1n) is 5.73. The van der Waals surface area contributed by atoms with E-state index in [9.17, 15) is 9.59 Å². The molecule has 1 aliphatic carbocycles. The maximum atomic E-state index is 11.8. The summed E-state index contributed by atoms with van der Waals surface area (Å²) in [4.78, 5) is 23.0. The lowest BCUT2D eigenvalue weighted by Crippen LogP contribution is -2.19. The third-order valence-corrected chi connectivity index (χ3v) is 3.18. The molecule has 0 N–H and O–H groups in total. The minimum Gasteiger partial charge on any atom is -0.469 e. The van der Waals surface area contributed by atoms with E-state index in [1.165, 1.54) is 7.11 Å². The van der Waals surface area contributed by atoms with Crippen molar-refractivity contribution in [2.75, 3.05) is 7.11 Å². The molecular formula is C13H17ClO3. The number of ether oxygens (including phenoxy) is 1. The lowest BCUT2D eigenvalue weighted by molar-refractivity contribution is -0.141. The van der Waals surface area contributed by atoms with E-state index >= 15 is 0 Å². The Balaban J connectivity index is 2.68. The molecule has 0 fully saturated rings. The van der Waals surface area contributed by atoms with Crippen molar-refractivity contribution in [3.63, 3.8) is 0 Å². The van der Waals surface area contributed by atoms with Crippen LogP contribution in [0.1, 0.15) is 26.2 Å². The van der Waals surface area contributed by atoms with Crippen LogP contribution in [0.2, 0.25) is 0 Å². The van der Waals surface area contributed by atoms with E-state index in [1.807, 2.05) is 19.1 Å². The van der Waals surface area contributed by atoms with E-state index in [-0.39, 0.29) is 35.0 Å². The molecule has 3 nitrogen and oxygen atoms in total. The molecule has 2 unspecified atom stereocenters. The molecule has 2 atom stereocenters. The molecule has 94 valence electrons. The van der Waals surface area contributed by atoms with Crippen molar-refractivity contribution in [3.05, 3.63) is 23.3 Å². The summed E-state index contributed by atoms with van der Waals surface area (Å²) in [6, 6.07) is 0. The number of esters is 1. The van der Waals surface area contributed by atoms with Crippen LogP contribution in [0.25, 0.3) is 0 Å². The lowest BCUT2D eigenvalue weighted by atomic mass is 9.89. The van der Waals surface area contributed by atoms with Crippen molar-refractivity contribution in [1.29, 1.82) is 0 Å². The van der Waals surface area contributed by atoms with Gasteiger partial charge in [-0.05, 0) is 18.8 Å². The van der Waals surface area contributed by atoms with Gasteiger partial charge in [-0.2, -0.15) is 0 Å². The average Bonchev–Trinajstić information content (AvgIpc) is 2.57. The number of ketones is 1. The summed E-state index contributed by atoms with van der Waals surface area (Å²) in [5.74, 6) is -0.732. The van der Waals surface area contributed by atoms with Gasteiger partial charge in [0.15, 0.2) is 5.78 Å². The molecule has 0 aliphatic heterocycles. The molecule has 0 spiro atoms. The van der Waals surface area contributed by atoms with Crippen LogP contribution in [0.3, 0.4) is 0 Å². The van der Waals surface area contributed by atoms with Gasteiger partial charge in [-0.3, -0.25) is 9.59 Å². The second-order valence-corrected chi connectivity index (χ2v) is 4.45. The van der Waals surface area contributed by atoms with Gasteiger partial charge >= 0.3 is 5.97 Å². The Hall–Kier alpha value is -1.09. The minimum absolute atomic E-state index is 0.0682. The SMILES string of the molecule is CC/C=C/CC1C(=O)C(Cl)=CC1CC(=O)OC. The summed E-state index contributed by atoms with van der Waals surface area (Å²) in [6.45, 7) is 2.03. The Morgan fingerprint density at radius 2 is 2.24 bits per heavy atom. The van der Waals surface area contributed by atoms with Gasteiger partial charge < -0.3 is 4.74 Å². The standard InChI is InChI=1S/C13H17ClO3/c1-3-4-5-6-10-9(8-12(15)17-2)7-11(14)13(10)16/h4-5,7,9-10H,3,6,8H2,1-2H3/b5-4+. The van der Waals surface area contributed by atoms with E-state index in [2.05, 4.69) is 4.74 Å². The smallest absolute Gasteiger partial charge is 0.306 e. The molecule has 17 heavy (non-hydrogen) atoms. The highest BCUT2D eigenvalue weighted by Crippen LogP contribution is 2.34. The van der Waals surface area contributed by atoms with Gasteiger partial charge in [0.2, 0.25) is 0 Å². The third kappa shape index (κ3) is 3.70. The number of methoxy groups -OCH3 is 1. The van der Waals surface area contributed by atoms with E-state index in [4.69, 9.17) is 11.6 Å². The van der Waals surface area contributed by atoms with Crippen LogP contribution in [-0.2, 0) is 14.3 Å². The quantitative estimate of drug-likeness (QED) is 0.561. The number of Topliss-reactive ketones (excluding diaryl/α,β-unsaturated/α-hetero) is 1. The molecule has 4 heteroatoms. The monoisotopic (exact) mass is 256 g/mol. The Bertz CT molecular complexity index is 358. The molecule has 0 saturated carbocycles. The summed E-state index contributed by atoms with van der Waals surface area (Å²) in [5.41, 5.74) is 0. The van der Waals surface area contributed by atoms with Gasteiger partial charge in [-0.25, -0.2) is 0 Å². The normalized spacial score (nSPS) is 24.2. The summed E-state index contributed by atoms with van der Waals surface area (Å²) in [6.07, 6.45) is 7.42. The van der Waals surface area contributed by atoms with Crippen molar-refractivity contribution >= 4 is 23.4 Å². The van der Waals surface area contributed by atoms with Crippen molar-refractivity contribution < 1.29 is 14.3 Å². The van der Waals surface area contributed by atoms with Crippen molar-refractivity contribution in [1.82, 2.24) is 0 Å². The molecular weight excluding hydrogens is 240 g/mol. The number of hydrogen-bond donors (Lipinski definition) is 0. The summed E-state index contributed by atoms with van der Waals surface area (Å²) >= 11 is 5.83. The second-order valence-electron chi connectivity index (χ2n) is 4.04. The first-order chi connectivity index (χ1) is 8.10. The zero-order valence-corrected chi connectivity index (χ0v) is 10.9. The molecule has 0 radical (unpaired) electrons. The zero-order valence-electron chi connectivity index (χ0n) is 10.1. The Kier molecular flexibility index (Phi) is 5.42. The molecule has 1 rings (SSSR count). The van der Waals surface area contributed by atoms with Crippen LogP contribution in [0.5, 0.6) is 0 Å². The minimum atomic E-state index is -0.310. The average molecular weight is 257 g/mol. The van der Waals surface area contributed by atoms with Gasteiger partial charge in [0.05, 0.1) is 18.6 Å². The Morgan fingerprint density at radius 3 is 2.82 bits per heavy atom. The van der Waals surface area contributed by atoms with E-state index in [0.717, 1.165) is 6.42 Å². The van der Waals surface area contributed by atoms with Gasteiger partial charge in [0.1, 0.15) is 0 Å². The van der Waals surface area contributed by atoms with Crippen LogP contribution in [0.15, 0.2) is 23.3 Å². The number of halogens is 1. The number of carbonyl (C=O) groups is 2. The van der Waals surface area contributed by atoms with Crippen LogP contribution < -0.4 is 0 Å². The molecule has 0 heterocycles. The molecule has 0 bridgehead atoms. The van der Waals surface area contributed by atoms with Gasteiger partial charge in [0, 0.05) is 5.92 Å². The van der Waals surface area contributed by atoms with Gasteiger partial charge in [-0.1, -0.05) is 36.8 Å². The highest BCUT2D eigenvalue weighted by Gasteiger charge is 2.35. The molecule has 0 aromatic heterocycles. The highest BCUT2D eigenvalue weighted by molar-refractivity contribution is 6.43. The Labute approximate surface area is 106 Å². The summed E-state index contributed by atoms with van der Waals surface area (Å²) in [5, 5.41) is 0.244. The fourth-order valence-electron chi connectivity index (χ4n) is 1.93. The maximum absolute atomic E-state index is 11.8. The van der Waals surface area contributed by atoms with Gasteiger partial charge in [-0.15, -0.1) is 0 Å². The van der Waals surface area contributed by atoms with Crippen LogP contribution in [0.4, 0.5) is 0 Å². The molecule has 0 amide bonds. The fourth-order valence-corrected chi connectivity index (χ4v) is 2.23. The summed E-state index contributed by atoms with van der Waals surface area (Å²) in [7, 11) is 1.34. The largest absolute Gasteiger partial charge is 0.469 e. The van der Waals surface area contributed by atoms with E-state index in [1.54, 1.807) is 6.08 Å². The number of hydrogen-bond acceptors (Lipinski definition) is 3. The first kappa shape index (κ1) is 14.0. The van der Waals surface area contributed by atoms with Crippen LogP contribution in [0, 0.1) is 11.8 Å². The lowest BCUT2D eigenvalue weighted by Gasteiger charge is -2.14. The number of rotatable bonds is 5. The number of carbonyl (C=O) groups excluding carboxylic acids is 2. The predicted octanol–water partition coefficient (Wildman–Crippen LogP) is 2.84. The van der Waals surface area contributed by atoms with Crippen molar-refractivity contribution in [2.45, 2.75) is 26.2 Å². The molecule has 1 aliphatic rings. The zero-order chi connectivity index (χ0) is 12.8. The summed E-state index contributed by atoms with van der Waals surface area (Å²) < 4.78 is 4.62. The fraction of sp³-hybridized carbons (Fsp3) is 0.538. The second kappa shape index (κ2) is 6.60. The molecule has 0 aromatic rings. The molecule has 0 aromatic carbocycles. The third-order valence-electron chi connectivity index (χ3n) is 2.87. The topological polar surface area (TPSA) is 43.4 Å². The van der Waals surface area contributed by atoms with E-state index in [0.29, 0.717) is 6.42 Å². The predicted molar refractivity (Wildman–Crippen MR) is 66.6 cm³/mol. The Morgan fingerprint density at radius 1 is 1.53 bits per heavy atom. The highest BCUT2D eigenvalue weighted by atomic mass is 35.5. The molecule has 0 saturated heterocycles. The maximum Gasteiger partial charge on any atom is 0.306 e. The van der Waals surface area contributed by atoms with Crippen molar-refractivity contribution in [3.8, 4) is 0 Å². The van der Waals surface area contributed by atoms with Gasteiger partial charge in [0.25, 0.3) is 0 Å². The van der Waals surface area contributed by atoms with Crippen LogP contribution in [-0.4, -0.2) is 18.9 Å². The number of allylic oxidation sites excluding steroid dienone is 4. The van der Waals surface area contributed by atoms with Crippen LogP contribution >= 0.6 is 11.6 Å². The van der Waals surface area contributed by atoms with E-state index < -0.39 is 0 Å².